The third kappa shape index (κ3) is 1.95. The van der Waals surface area contributed by atoms with E-state index < -0.39 is 0 Å². The molecule has 0 aliphatic rings. The predicted octanol–water partition coefficient (Wildman–Crippen LogP) is 2.08. The van der Waals surface area contributed by atoms with Gasteiger partial charge in [0.05, 0.1) is 5.69 Å². The van der Waals surface area contributed by atoms with Crippen LogP contribution in [0.1, 0.15) is 16.8 Å². The number of nitrogens with zero attached hydrogens (tertiary/aromatic N) is 4. The first-order valence-corrected chi connectivity index (χ1v) is 5.86. The molecule has 0 aromatic carbocycles. The van der Waals surface area contributed by atoms with Gasteiger partial charge in [0.25, 0.3) is 0 Å². The smallest absolute Gasteiger partial charge is 0.220 e. The molecule has 3 heterocycles. The lowest BCUT2D eigenvalue weighted by Gasteiger charge is -2.09. The average Bonchev–Trinajstić information content (AvgIpc) is 2.85. The molecule has 0 bridgehead atoms. The number of imidazole rings is 1. The van der Waals surface area contributed by atoms with Crippen LogP contribution in [0.2, 0.25) is 0 Å². The Balaban J connectivity index is 2.07. The molecule has 3 rings (SSSR count). The highest BCUT2D eigenvalue weighted by atomic mass is 15.0. The first-order valence-electron chi connectivity index (χ1n) is 5.86. The van der Waals surface area contributed by atoms with Crippen molar-refractivity contribution in [3.8, 4) is 0 Å². The second kappa shape index (κ2) is 4.20. The maximum Gasteiger partial charge on any atom is 0.220 e. The van der Waals surface area contributed by atoms with Gasteiger partial charge in [-0.25, -0.2) is 15.0 Å². The van der Waals surface area contributed by atoms with Gasteiger partial charge in [-0.05, 0) is 30.2 Å². The number of hydrogen-bond acceptors (Lipinski definition) is 4. The van der Waals surface area contributed by atoms with Gasteiger partial charge in [-0.1, -0.05) is 6.58 Å². The number of hydrogen-bond donors (Lipinski definition) is 1. The molecule has 0 amide bonds. The van der Waals surface area contributed by atoms with Crippen LogP contribution >= 0.6 is 0 Å². The summed E-state index contributed by atoms with van der Waals surface area (Å²) in [5.74, 6) is 0.277. The van der Waals surface area contributed by atoms with Crippen molar-refractivity contribution in [2.75, 3.05) is 5.73 Å². The van der Waals surface area contributed by atoms with Gasteiger partial charge < -0.3 is 10.1 Å². The van der Waals surface area contributed by atoms with Gasteiger partial charge in [-0.3, -0.25) is 0 Å². The van der Waals surface area contributed by atoms with Crippen LogP contribution in [0.4, 0.5) is 5.95 Å². The Labute approximate surface area is 110 Å². The molecule has 0 aliphatic carbocycles. The van der Waals surface area contributed by atoms with Crippen LogP contribution in [-0.4, -0.2) is 19.4 Å². The summed E-state index contributed by atoms with van der Waals surface area (Å²) in [5, 5.41) is 0. The molecule has 0 atom stereocenters. The molecule has 0 saturated carbocycles. The fourth-order valence-electron chi connectivity index (χ4n) is 2.04. The lowest BCUT2D eigenvalue weighted by molar-refractivity contribution is 1.10. The van der Waals surface area contributed by atoms with Gasteiger partial charge in [0, 0.05) is 30.4 Å². The highest BCUT2D eigenvalue weighted by Gasteiger charge is 2.08. The van der Waals surface area contributed by atoms with Crippen molar-refractivity contribution in [2.24, 2.45) is 0 Å². The minimum Gasteiger partial charge on any atom is -0.368 e. The van der Waals surface area contributed by atoms with Gasteiger partial charge in [0.1, 0.15) is 5.65 Å². The first kappa shape index (κ1) is 11.4. The van der Waals surface area contributed by atoms with E-state index in [0.717, 1.165) is 28.0 Å². The van der Waals surface area contributed by atoms with Crippen LogP contribution in [0, 0.1) is 6.92 Å². The number of aromatic nitrogens is 4. The highest BCUT2D eigenvalue weighted by molar-refractivity contribution is 5.79. The quantitative estimate of drug-likeness (QED) is 0.757. The minimum atomic E-state index is 0.277. The molecule has 3 aromatic rings. The number of fused-ring (bicyclic) bond motifs is 1. The summed E-state index contributed by atoms with van der Waals surface area (Å²) in [7, 11) is 0. The third-order valence-electron chi connectivity index (χ3n) is 3.06. The SMILES string of the molecule is C=C(c1ccc2nccn2c1)c1cnc(N)nc1C. The van der Waals surface area contributed by atoms with E-state index in [0.29, 0.717) is 0 Å². The molecule has 0 saturated heterocycles. The second-order valence-corrected chi connectivity index (χ2v) is 4.32. The van der Waals surface area contributed by atoms with Crippen molar-refractivity contribution < 1.29 is 0 Å². The van der Waals surface area contributed by atoms with E-state index in [1.165, 1.54) is 0 Å². The lowest BCUT2D eigenvalue weighted by atomic mass is 10.0. The second-order valence-electron chi connectivity index (χ2n) is 4.32. The fraction of sp³-hybridized carbons (Fsp3) is 0.0714. The molecule has 19 heavy (non-hydrogen) atoms. The van der Waals surface area contributed by atoms with Crippen LogP contribution in [0.25, 0.3) is 11.2 Å². The zero-order valence-corrected chi connectivity index (χ0v) is 10.5. The van der Waals surface area contributed by atoms with Gasteiger partial charge >= 0.3 is 0 Å². The Hall–Kier alpha value is -2.69. The third-order valence-corrected chi connectivity index (χ3v) is 3.06. The number of rotatable bonds is 2. The van der Waals surface area contributed by atoms with Gasteiger partial charge in [-0.2, -0.15) is 0 Å². The van der Waals surface area contributed by atoms with E-state index in [1.807, 2.05) is 35.9 Å². The van der Waals surface area contributed by atoms with Crippen LogP contribution in [0.3, 0.4) is 0 Å². The molecular weight excluding hydrogens is 238 g/mol. The summed E-state index contributed by atoms with van der Waals surface area (Å²) in [4.78, 5) is 12.4. The molecule has 5 heteroatoms. The number of aryl methyl sites for hydroxylation is 1. The van der Waals surface area contributed by atoms with Crippen molar-refractivity contribution in [1.29, 1.82) is 0 Å². The molecule has 94 valence electrons. The molecule has 0 fully saturated rings. The predicted molar refractivity (Wildman–Crippen MR) is 74.5 cm³/mol. The molecule has 0 aliphatic heterocycles. The zero-order chi connectivity index (χ0) is 13.4. The zero-order valence-electron chi connectivity index (χ0n) is 10.5. The monoisotopic (exact) mass is 251 g/mol. The molecular formula is C14H13N5. The van der Waals surface area contributed by atoms with E-state index in [9.17, 15) is 0 Å². The van der Waals surface area contributed by atoms with Crippen molar-refractivity contribution in [3.63, 3.8) is 0 Å². The molecule has 3 aromatic heterocycles. The number of anilines is 1. The molecule has 0 unspecified atom stereocenters. The van der Waals surface area contributed by atoms with Crippen molar-refractivity contribution in [2.45, 2.75) is 6.92 Å². The largest absolute Gasteiger partial charge is 0.368 e. The summed E-state index contributed by atoms with van der Waals surface area (Å²) in [6.07, 6.45) is 7.36. The molecule has 2 N–H and O–H groups in total. The summed E-state index contributed by atoms with van der Waals surface area (Å²) in [5.41, 5.74) is 10.1. The Morgan fingerprint density at radius 1 is 1.32 bits per heavy atom. The highest BCUT2D eigenvalue weighted by Crippen LogP contribution is 2.23. The van der Waals surface area contributed by atoms with Crippen molar-refractivity contribution >= 4 is 17.2 Å². The van der Waals surface area contributed by atoms with Gasteiger partial charge in [-0.15, -0.1) is 0 Å². The lowest BCUT2D eigenvalue weighted by Crippen LogP contribution is -2.01. The van der Waals surface area contributed by atoms with Gasteiger partial charge in [0.15, 0.2) is 0 Å². The number of nitrogen functional groups attached to an aromatic ring is 1. The van der Waals surface area contributed by atoms with Gasteiger partial charge in [0.2, 0.25) is 5.95 Å². The molecule has 5 nitrogen and oxygen atoms in total. The summed E-state index contributed by atoms with van der Waals surface area (Å²) >= 11 is 0. The summed E-state index contributed by atoms with van der Waals surface area (Å²) in [6, 6.07) is 3.94. The van der Waals surface area contributed by atoms with E-state index in [4.69, 9.17) is 5.73 Å². The Kier molecular flexibility index (Phi) is 2.52. The van der Waals surface area contributed by atoms with Crippen LogP contribution in [0.15, 0.2) is 43.5 Å². The van der Waals surface area contributed by atoms with Crippen molar-refractivity contribution in [1.82, 2.24) is 19.4 Å². The summed E-state index contributed by atoms with van der Waals surface area (Å²) < 4.78 is 1.95. The van der Waals surface area contributed by atoms with E-state index in [1.54, 1.807) is 12.4 Å². The fourth-order valence-corrected chi connectivity index (χ4v) is 2.04. The van der Waals surface area contributed by atoms with Crippen LogP contribution < -0.4 is 5.73 Å². The maximum atomic E-state index is 5.56. The average molecular weight is 251 g/mol. The summed E-state index contributed by atoms with van der Waals surface area (Å²) in [6.45, 7) is 6.02. The Morgan fingerprint density at radius 3 is 2.95 bits per heavy atom. The normalized spacial score (nSPS) is 10.8. The maximum absolute atomic E-state index is 5.56. The molecule has 0 spiro atoms. The van der Waals surface area contributed by atoms with Crippen LogP contribution in [0.5, 0.6) is 0 Å². The number of nitrogens with two attached hydrogens (primary N) is 1. The Bertz CT molecular complexity index is 772. The number of pyridine rings is 1. The Morgan fingerprint density at radius 2 is 2.16 bits per heavy atom. The minimum absolute atomic E-state index is 0.277. The van der Waals surface area contributed by atoms with Crippen LogP contribution in [-0.2, 0) is 0 Å². The van der Waals surface area contributed by atoms with E-state index >= 15 is 0 Å². The van der Waals surface area contributed by atoms with E-state index in [-0.39, 0.29) is 5.95 Å². The van der Waals surface area contributed by atoms with Crippen molar-refractivity contribution in [3.05, 3.63) is 60.3 Å². The van der Waals surface area contributed by atoms with E-state index in [2.05, 4.69) is 21.5 Å². The molecule has 0 radical (unpaired) electrons. The standard InChI is InChI=1S/C14H13N5/c1-9(12-7-17-14(15)18-10(12)2)11-3-4-13-16-5-6-19(13)8-11/h3-8H,1H2,2H3,(H2,15,17,18). The topological polar surface area (TPSA) is 69.1 Å². The first-order chi connectivity index (χ1) is 9.15.